The molecular formula is C21H22N2O5. The van der Waals surface area contributed by atoms with Crippen LogP contribution in [0.1, 0.15) is 6.42 Å². The molecule has 6 atom stereocenters. The molecule has 7 heteroatoms. The summed E-state index contributed by atoms with van der Waals surface area (Å²) in [6.45, 7) is -0.269. The second kappa shape index (κ2) is 6.09. The molecule has 0 aromatic heterocycles. The Hall–Kier alpha value is -2.83. The van der Waals surface area contributed by atoms with Gasteiger partial charge in [-0.15, -0.1) is 0 Å². The van der Waals surface area contributed by atoms with E-state index < -0.39 is 5.91 Å². The van der Waals surface area contributed by atoms with Crippen molar-refractivity contribution in [3.05, 3.63) is 30.4 Å². The van der Waals surface area contributed by atoms with Gasteiger partial charge in [0.1, 0.15) is 18.0 Å². The molecule has 2 saturated carbocycles. The molecule has 3 fully saturated rings. The summed E-state index contributed by atoms with van der Waals surface area (Å²) in [6, 6.07) is 5.03. The maximum absolute atomic E-state index is 12.9. The molecule has 1 heterocycles. The monoisotopic (exact) mass is 382 g/mol. The number of methoxy groups -OCH3 is 2. The minimum absolute atomic E-state index is 0.159. The van der Waals surface area contributed by atoms with E-state index in [1.165, 1.54) is 7.11 Å². The van der Waals surface area contributed by atoms with E-state index in [4.69, 9.17) is 9.47 Å². The van der Waals surface area contributed by atoms with Crippen LogP contribution >= 0.6 is 0 Å². The summed E-state index contributed by atoms with van der Waals surface area (Å²) in [5, 5.41) is 2.74. The first-order valence-electron chi connectivity index (χ1n) is 9.59. The highest BCUT2D eigenvalue weighted by atomic mass is 16.5. The van der Waals surface area contributed by atoms with Crippen LogP contribution in [0.4, 0.5) is 5.69 Å². The molecule has 5 aliphatic rings. The normalized spacial score (nSPS) is 34.1. The maximum atomic E-state index is 12.9. The maximum Gasteiger partial charge on any atom is 0.244 e. The van der Waals surface area contributed by atoms with Crippen molar-refractivity contribution >= 4 is 23.4 Å². The van der Waals surface area contributed by atoms with Gasteiger partial charge in [0.25, 0.3) is 0 Å². The summed E-state index contributed by atoms with van der Waals surface area (Å²) in [4.78, 5) is 39.6. The van der Waals surface area contributed by atoms with E-state index >= 15 is 0 Å². The Kier molecular flexibility index (Phi) is 3.76. The summed E-state index contributed by atoms with van der Waals surface area (Å²) in [7, 11) is 3.04. The molecule has 0 spiro atoms. The number of imide groups is 1. The summed E-state index contributed by atoms with van der Waals surface area (Å²) in [5.74, 6) is 1.08. The first-order chi connectivity index (χ1) is 13.5. The Morgan fingerprint density at radius 3 is 2.29 bits per heavy atom. The third kappa shape index (κ3) is 2.38. The van der Waals surface area contributed by atoms with Gasteiger partial charge in [0, 0.05) is 6.07 Å². The fraction of sp³-hybridized carbons (Fsp3) is 0.476. The second-order valence-electron chi connectivity index (χ2n) is 8.03. The van der Waals surface area contributed by atoms with Crippen molar-refractivity contribution in [2.75, 3.05) is 26.1 Å². The summed E-state index contributed by atoms with van der Waals surface area (Å²) in [5.41, 5.74) is 0.466. The number of anilines is 1. The molecular weight excluding hydrogens is 360 g/mol. The zero-order valence-electron chi connectivity index (χ0n) is 15.8. The highest BCUT2D eigenvalue weighted by Crippen LogP contribution is 2.65. The molecule has 146 valence electrons. The lowest BCUT2D eigenvalue weighted by atomic mass is 9.63. The molecule has 1 aromatic carbocycles. The number of ether oxygens (including phenoxy) is 2. The Bertz CT molecular complexity index is 874. The van der Waals surface area contributed by atoms with Gasteiger partial charge in [-0.25, -0.2) is 0 Å². The van der Waals surface area contributed by atoms with Gasteiger partial charge in [-0.1, -0.05) is 12.2 Å². The van der Waals surface area contributed by atoms with Gasteiger partial charge >= 0.3 is 0 Å². The van der Waals surface area contributed by atoms with Crippen LogP contribution < -0.4 is 14.8 Å². The predicted octanol–water partition coefficient (Wildman–Crippen LogP) is 1.70. The van der Waals surface area contributed by atoms with Crippen molar-refractivity contribution in [3.63, 3.8) is 0 Å². The quantitative estimate of drug-likeness (QED) is 0.619. The van der Waals surface area contributed by atoms with Crippen molar-refractivity contribution in [3.8, 4) is 11.5 Å². The Balaban J connectivity index is 1.31. The molecule has 0 radical (unpaired) electrons. The third-order valence-corrected chi connectivity index (χ3v) is 6.74. The molecule has 3 amide bonds. The van der Waals surface area contributed by atoms with Gasteiger partial charge in [-0.2, -0.15) is 0 Å². The van der Waals surface area contributed by atoms with Crippen LogP contribution in [0.3, 0.4) is 0 Å². The predicted molar refractivity (Wildman–Crippen MR) is 99.6 cm³/mol. The second-order valence-corrected chi connectivity index (χ2v) is 8.03. The minimum Gasteiger partial charge on any atom is -0.497 e. The number of likely N-dealkylation sites (tertiary alicyclic amines) is 1. The zero-order valence-corrected chi connectivity index (χ0v) is 15.8. The van der Waals surface area contributed by atoms with E-state index in [9.17, 15) is 14.4 Å². The van der Waals surface area contributed by atoms with Crippen molar-refractivity contribution < 1.29 is 23.9 Å². The first kappa shape index (κ1) is 17.3. The van der Waals surface area contributed by atoms with Crippen LogP contribution in [0, 0.1) is 35.5 Å². The zero-order chi connectivity index (χ0) is 19.6. The van der Waals surface area contributed by atoms with Gasteiger partial charge in [0.05, 0.1) is 31.7 Å². The molecule has 4 aliphatic carbocycles. The van der Waals surface area contributed by atoms with Gasteiger partial charge in [0.2, 0.25) is 17.7 Å². The van der Waals surface area contributed by atoms with Crippen LogP contribution in [0.2, 0.25) is 0 Å². The minimum atomic E-state index is -0.422. The SMILES string of the molecule is COc1ccc(NC(=O)CN2C(=O)[C@@H]3[C@H]4C=C[C@@H]([C@@H]5C[C@H]45)[C@H]3C2=O)c(OC)c1. The van der Waals surface area contributed by atoms with Crippen LogP contribution in [-0.2, 0) is 14.4 Å². The number of hydrogen-bond acceptors (Lipinski definition) is 5. The Morgan fingerprint density at radius 1 is 1.07 bits per heavy atom. The number of carbonyl (C=O) groups is 3. The van der Waals surface area contributed by atoms with Crippen molar-refractivity contribution in [1.29, 1.82) is 0 Å². The van der Waals surface area contributed by atoms with Gasteiger partial charge < -0.3 is 14.8 Å². The smallest absolute Gasteiger partial charge is 0.244 e. The van der Waals surface area contributed by atoms with Crippen molar-refractivity contribution in [1.82, 2.24) is 4.90 Å². The van der Waals surface area contributed by atoms with Crippen molar-refractivity contribution in [2.24, 2.45) is 35.5 Å². The fourth-order valence-corrected chi connectivity index (χ4v) is 5.41. The van der Waals surface area contributed by atoms with E-state index in [2.05, 4.69) is 17.5 Å². The lowest BCUT2D eigenvalue weighted by Crippen LogP contribution is -2.40. The van der Waals surface area contributed by atoms with E-state index in [1.54, 1.807) is 25.3 Å². The first-order valence-corrected chi connectivity index (χ1v) is 9.59. The van der Waals surface area contributed by atoms with E-state index in [0.29, 0.717) is 29.0 Å². The topological polar surface area (TPSA) is 84.9 Å². The lowest BCUT2D eigenvalue weighted by Gasteiger charge is -2.37. The Morgan fingerprint density at radius 2 is 1.71 bits per heavy atom. The molecule has 2 bridgehead atoms. The molecule has 28 heavy (non-hydrogen) atoms. The number of rotatable bonds is 5. The number of carbonyl (C=O) groups excluding carboxylic acids is 3. The number of nitrogens with one attached hydrogen (secondary N) is 1. The number of nitrogens with zero attached hydrogens (tertiary/aromatic N) is 1. The third-order valence-electron chi connectivity index (χ3n) is 6.74. The van der Waals surface area contributed by atoms with Gasteiger partial charge in [0.15, 0.2) is 0 Å². The summed E-state index contributed by atoms with van der Waals surface area (Å²) in [6.07, 6.45) is 5.36. The van der Waals surface area contributed by atoms with Gasteiger partial charge in [-0.05, 0) is 42.2 Å². The van der Waals surface area contributed by atoms with Crippen LogP contribution in [0.25, 0.3) is 0 Å². The fourth-order valence-electron chi connectivity index (χ4n) is 5.41. The van der Waals surface area contributed by atoms with E-state index in [0.717, 1.165) is 11.3 Å². The molecule has 6 rings (SSSR count). The molecule has 0 unspecified atom stereocenters. The number of hydrogen-bond donors (Lipinski definition) is 1. The average Bonchev–Trinajstić information content (AvgIpc) is 3.49. The lowest BCUT2D eigenvalue weighted by molar-refractivity contribution is -0.142. The van der Waals surface area contributed by atoms with Crippen LogP contribution in [0.15, 0.2) is 30.4 Å². The van der Waals surface area contributed by atoms with Gasteiger partial charge in [-0.3, -0.25) is 19.3 Å². The highest BCUT2D eigenvalue weighted by molar-refractivity contribution is 6.09. The largest absolute Gasteiger partial charge is 0.497 e. The number of allylic oxidation sites excluding steroid dienone is 2. The molecule has 1 aliphatic heterocycles. The standard InChI is InChI=1S/C21H22N2O5/c1-27-10-3-6-15(16(7-10)28-2)22-17(24)9-23-20(25)18-11-4-5-12(14-8-13(11)14)19(18)21(23)26/h3-7,11-14,18-19H,8-9H2,1-2H3,(H,22,24)/t11-,12-,13-,14+,18+,19+/m0/s1. The molecule has 7 nitrogen and oxygen atoms in total. The summed E-state index contributed by atoms with van der Waals surface area (Å²) >= 11 is 0. The summed E-state index contributed by atoms with van der Waals surface area (Å²) < 4.78 is 10.4. The van der Waals surface area contributed by atoms with E-state index in [-0.39, 0.29) is 42.0 Å². The van der Waals surface area contributed by atoms with E-state index in [1.807, 2.05) is 0 Å². The number of amides is 3. The molecule has 1 N–H and O–H groups in total. The van der Waals surface area contributed by atoms with Crippen LogP contribution in [0.5, 0.6) is 11.5 Å². The highest BCUT2D eigenvalue weighted by Gasteiger charge is 2.67. The number of benzene rings is 1. The van der Waals surface area contributed by atoms with Crippen molar-refractivity contribution in [2.45, 2.75) is 6.42 Å². The van der Waals surface area contributed by atoms with Crippen LogP contribution in [-0.4, -0.2) is 43.4 Å². The average molecular weight is 382 g/mol. The molecule has 1 aromatic rings. The molecule has 1 saturated heterocycles. The Labute approximate surface area is 162 Å².